The van der Waals surface area contributed by atoms with E-state index < -0.39 is 15.7 Å². The lowest BCUT2D eigenvalue weighted by atomic mass is 9.84. The van der Waals surface area contributed by atoms with Crippen LogP contribution in [0.4, 0.5) is 10.2 Å². The Labute approximate surface area is 204 Å². The molecule has 1 aliphatic heterocycles. The number of aromatic nitrogens is 1. The predicted octanol–water partition coefficient (Wildman–Crippen LogP) is 3.24. The van der Waals surface area contributed by atoms with Crippen LogP contribution in [0.1, 0.15) is 38.5 Å². The number of nitrogens with zero attached hydrogens (tertiary/aromatic N) is 3. The van der Waals surface area contributed by atoms with Crippen LogP contribution in [0.5, 0.6) is 0 Å². The highest BCUT2D eigenvalue weighted by Crippen LogP contribution is 2.31. The van der Waals surface area contributed by atoms with Gasteiger partial charge in [-0.2, -0.15) is 0 Å². The number of piperazine rings is 1. The SMILES string of the molecule is CS(=O)(=O)CCC(=O)N[C@H]1CC[C@H](CCN2CCN(c3noc4cc(F)c(Cl)cc34)CC2)CC1. The molecule has 0 atom stereocenters. The van der Waals surface area contributed by atoms with E-state index in [9.17, 15) is 17.6 Å². The normalized spacial score (nSPS) is 22.3. The van der Waals surface area contributed by atoms with Gasteiger partial charge in [0.1, 0.15) is 15.7 Å². The molecule has 1 aromatic carbocycles. The molecule has 1 saturated carbocycles. The van der Waals surface area contributed by atoms with E-state index in [0.717, 1.165) is 76.5 Å². The maximum atomic E-state index is 13.7. The average molecular weight is 515 g/mol. The fourth-order valence-electron chi connectivity index (χ4n) is 4.87. The minimum Gasteiger partial charge on any atom is -0.354 e. The lowest BCUT2D eigenvalue weighted by molar-refractivity contribution is -0.121. The standard InChI is InChI=1S/C23H32ClFN4O4S/c1-34(31,32)13-7-22(30)26-17-4-2-16(3-5-17)6-8-28-9-11-29(12-10-28)23-18-14-19(24)20(25)15-21(18)33-27-23/h14-17H,2-13H2,1H3,(H,26,30)/t16-,17-. The number of carbonyl (C=O) groups is 1. The number of nitrogens with one attached hydrogen (secondary N) is 1. The van der Waals surface area contributed by atoms with E-state index in [2.05, 4.69) is 20.3 Å². The van der Waals surface area contributed by atoms with E-state index in [0.29, 0.717) is 17.3 Å². The molecule has 2 fully saturated rings. The van der Waals surface area contributed by atoms with Crippen molar-refractivity contribution in [1.82, 2.24) is 15.4 Å². The first-order chi connectivity index (χ1) is 16.2. The van der Waals surface area contributed by atoms with Crippen LogP contribution in [0.2, 0.25) is 5.02 Å². The Morgan fingerprint density at radius 2 is 1.91 bits per heavy atom. The largest absolute Gasteiger partial charge is 0.354 e. The van der Waals surface area contributed by atoms with Crippen LogP contribution in [0.3, 0.4) is 0 Å². The second-order valence-corrected chi connectivity index (χ2v) is 12.2. The smallest absolute Gasteiger partial charge is 0.221 e. The Morgan fingerprint density at radius 1 is 1.21 bits per heavy atom. The van der Waals surface area contributed by atoms with E-state index in [-0.39, 0.29) is 29.1 Å². The van der Waals surface area contributed by atoms with Crippen LogP contribution in [0.15, 0.2) is 16.7 Å². The number of carbonyl (C=O) groups excluding carboxylic acids is 1. The summed E-state index contributed by atoms with van der Waals surface area (Å²) in [6, 6.07) is 3.01. The van der Waals surface area contributed by atoms with Crippen LogP contribution >= 0.6 is 11.6 Å². The third-order valence-corrected chi connectivity index (χ3v) is 8.17. The summed E-state index contributed by atoms with van der Waals surface area (Å²) in [6.07, 6.45) is 6.39. The number of hydrogen-bond acceptors (Lipinski definition) is 7. The number of fused-ring (bicyclic) bond motifs is 1. The van der Waals surface area contributed by atoms with Crippen molar-refractivity contribution < 1.29 is 22.1 Å². The van der Waals surface area contributed by atoms with Crippen molar-refractivity contribution in [3.8, 4) is 0 Å². The Kier molecular flexibility index (Phi) is 7.99. The summed E-state index contributed by atoms with van der Waals surface area (Å²) >= 11 is 5.94. The van der Waals surface area contributed by atoms with Crippen LogP contribution in [0, 0.1) is 11.7 Å². The van der Waals surface area contributed by atoms with Gasteiger partial charge in [0.2, 0.25) is 5.91 Å². The van der Waals surface area contributed by atoms with Crippen molar-refractivity contribution in [3.05, 3.63) is 23.0 Å². The minimum absolute atomic E-state index is 0.0405. The van der Waals surface area contributed by atoms with Gasteiger partial charge >= 0.3 is 0 Å². The highest BCUT2D eigenvalue weighted by atomic mass is 35.5. The van der Waals surface area contributed by atoms with E-state index in [1.807, 2.05) is 0 Å². The summed E-state index contributed by atoms with van der Waals surface area (Å²) < 4.78 is 41.4. The number of hydrogen-bond donors (Lipinski definition) is 1. The first-order valence-corrected chi connectivity index (χ1v) is 14.3. The lowest BCUT2D eigenvalue weighted by Gasteiger charge is -2.36. The van der Waals surface area contributed by atoms with Gasteiger partial charge in [-0.1, -0.05) is 16.8 Å². The molecule has 2 aromatic rings. The van der Waals surface area contributed by atoms with Crippen molar-refractivity contribution >= 4 is 44.1 Å². The first-order valence-electron chi connectivity index (χ1n) is 11.9. The number of anilines is 1. The van der Waals surface area contributed by atoms with Gasteiger partial charge in [0.25, 0.3) is 0 Å². The molecule has 0 unspecified atom stereocenters. The highest BCUT2D eigenvalue weighted by molar-refractivity contribution is 7.90. The number of halogens is 2. The van der Waals surface area contributed by atoms with Gasteiger partial charge in [0.15, 0.2) is 11.4 Å². The van der Waals surface area contributed by atoms with Gasteiger partial charge in [0.05, 0.1) is 16.2 Å². The summed E-state index contributed by atoms with van der Waals surface area (Å²) in [5, 5.41) is 7.94. The number of sulfone groups is 1. The predicted molar refractivity (Wildman–Crippen MR) is 130 cm³/mol. The van der Waals surface area contributed by atoms with E-state index in [1.165, 1.54) is 6.07 Å². The average Bonchev–Trinajstić information content (AvgIpc) is 3.20. The van der Waals surface area contributed by atoms with Crippen molar-refractivity contribution in [2.24, 2.45) is 5.92 Å². The molecule has 1 aliphatic carbocycles. The summed E-state index contributed by atoms with van der Waals surface area (Å²) in [7, 11) is -3.11. The summed E-state index contributed by atoms with van der Waals surface area (Å²) in [5.74, 6) is 0.594. The molecular formula is C23H32ClFN4O4S. The monoisotopic (exact) mass is 514 g/mol. The molecule has 2 aliphatic rings. The fourth-order valence-corrected chi connectivity index (χ4v) is 5.59. The number of amides is 1. The molecule has 1 saturated heterocycles. The molecule has 0 spiro atoms. The van der Waals surface area contributed by atoms with Crippen molar-refractivity contribution in [2.75, 3.05) is 49.6 Å². The Morgan fingerprint density at radius 3 is 2.59 bits per heavy atom. The zero-order valence-electron chi connectivity index (χ0n) is 19.4. The molecule has 1 N–H and O–H groups in total. The summed E-state index contributed by atoms with van der Waals surface area (Å²) in [5.41, 5.74) is 0.404. The highest BCUT2D eigenvalue weighted by Gasteiger charge is 2.25. The first kappa shape index (κ1) is 25.2. The van der Waals surface area contributed by atoms with E-state index in [1.54, 1.807) is 6.07 Å². The van der Waals surface area contributed by atoms with Gasteiger partial charge in [-0.15, -0.1) is 0 Å². The number of rotatable bonds is 8. The van der Waals surface area contributed by atoms with Gasteiger partial charge in [-0.3, -0.25) is 9.69 Å². The maximum absolute atomic E-state index is 13.7. The summed E-state index contributed by atoms with van der Waals surface area (Å²) in [6.45, 7) is 4.54. The molecule has 1 aromatic heterocycles. The van der Waals surface area contributed by atoms with Gasteiger partial charge in [-0.05, 0) is 50.6 Å². The zero-order valence-corrected chi connectivity index (χ0v) is 21.0. The van der Waals surface area contributed by atoms with Crippen LogP contribution in [0.25, 0.3) is 11.0 Å². The third kappa shape index (κ3) is 6.60. The molecule has 4 rings (SSSR count). The quantitative estimate of drug-likeness (QED) is 0.577. The van der Waals surface area contributed by atoms with Crippen molar-refractivity contribution in [1.29, 1.82) is 0 Å². The molecule has 8 nitrogen and oxygen atoms in total. The molecular weight excluding hydrogens is 483 g/mol. The molecule has 0 radical (unpaired) electrons. The second kappa shape index (κ2) is 10.8. The molecule has 2 heterocycles. The Bertz CT molecular complexity index is 1110. The topological polar surface area (TPSA) is 95.8 Å². The molecule has 11 heteroatoms. The molecule has 1 amide bonds. The molecule has 0 bridgehead atoms. The Hall–Kier alpha value is -1.91. The van der Waals surface area contributed by atoms with Gasteiger partial charge in [0, 0.05) is 51.0 Å². The third-order valence-electron chi connectivity index (χ3n) is 6.93. The van der Waals surface area contributed by atoms with Crippen LogP contribution < -0.4 is 10.2 Å². The Balaban J connectivity index is 1.16. The van der Waals surface area contributed by atoms with Gasteiger partial charge < -0.3 is 14.7 Å². The van der Waals surface area contributed by atoms with Crippen LogP contribution in [-0.2, 0) is 14.6 Å². The lowest BCUT2D eigenvalue weighted by Crippen LogP contribution is -2.47. The van der Waals surface area contributed by atoms with Crippen LogP contribution in [-0.4, -0.2) is 75.2 Å². The zero-order chi connectivity index (χ0) is 24.3. The van der Waals surface area contributed by atoms with Crippen molar-refractivity contribution in [3.63, 3.8) is 0 Å². The number of benzene rings is 1. The van der Waals surface area contributed by atoms with E-state index in [4.69, 9.17) is 16.1 Å². The fraction of sp³-hybridized carbons (Fsp3) is 0.652. The molecule has 34 heavy (non-hydrogen) atoms. The van der Waals surface area contributed by atoms with E-state index >= 15 is 0 Å². The second-order valence-electron chi connectivity index (χ2n) is 9.55. The van der Waals surface area contributed by atoms with Crippen molar-refractivity contribution in [2.45, 2.75) is 44.6 Å². The summed E-state index contributed by atoms with van der Waals surface area (Å²) in [4.78, 5) is 16.6. The minimum atomic E-state index is -3.11. The maximum Gasteiger partial charge on any atom is 0.221 e. The molecule has 188 valence electrons. The van der Waals surface area contributed by atoms with Gasteiger partial charge in [-0.25, -0.2) is 12.8 Å².